The fraction of sp³-hybridized carbons (Fsp3) is 0.185. The minimum Gasteiger partial charge on any atom is -0.497 e. The van der Waals surface area contributed by atoms with Crippen molar-refractivity contribution in [1.29, 1.82) is 0 Å². The van der Waals surface area contributed by atoms with Gasteiger partial charge in [0.15, 0.2) is 0 Å². The molecule has 718 valence electrons. The second-order valence-electron chi connectivity index (χ2n) is 41.4. The zero-order chi connectivity index (χ0) is 101. The molecule has 0 aliphatic carbocycles. The van der Waals surface area contributed by atoms with Gasteiger partial charge in [-0.05, 0) is 157 Å². The van der Waals surface area contributed by atoms with E-state index in [4.69, 9.17) is 9.47 Å². The molecule has 0 bridgehead atoms. The third-order valence-electron chi connectivity index (χ3n) is 27.4. The van der Waals surface area contributed by atoms with E-state index in [1.165, 1.54) is 22.3 Å². The van der Waals surface area contributed by atoms with Crippen LogP contribution in [0.3, 0.4) is 0 Å². The van der Waals surface area contributed by atoms with Crippen LogP contribution in [0.25, 0.3) is 78.7 Å². The standard InChI is InChI=1S/C50H60N2O4.C44H32N2O2.C36H28N2O2/c1-47(2,3)35-21-31(22-36(27-35)48(4,5)6)29-51-43(33-17-15-19-39(25-33)55-13)41-42(45(51)53)44(34-18-16-20-40(26-34)56-14)52(46(41)54)30-32-23-37(49(7,8)9)28-38(24-32)50(10,11)12;47-43-40-39(41(45(43)29-31-13-5-1-6-14-31)37-25-21-35(22-26-37)33-17-9-3-10-18-33)44(48)46(30-32-15-7-2-8-16-32)42(40)38-27-23-36(24-28-38)34-19-11-4-12-20-34;1-3-23-37-33(29-19-15-27(16-20-29)25-11-7-5-8-12-25)31-32(35(37)39)34(38(24-4-2)36(31)40)30-21-17-28(18-22-30)26-13-9-6-10-14-26/h15-28H,29-30H2,1-14H3;1-28H,29-30H2;3-22H,1-2,23-24H2. The number of ether oxygens (including phenoxy) is 2. The number of carbonyl (C=O) groups excluding carboxylic acids is 6. The van der Waals surface area contributed by atoms with Crippen LogP contribution < -0.4 is 9.47 Å². The minimum atomic E-state index is -0.205. The molecule has 14 nitrogen and oxygen atoms in total. The summed E-state index contributed by atoms with van der Waals surface area (Å²) < 4.78 is 11.4. The van der Waals surface area contributed by atoms with Gasteiger partial charge < -0.3 is 38.9 Å². The Morgan fingerprint density at radius 1 is 0.208 bits per heavy atom. The van der Waals surface area contributed by atoms with E-state index in [0.29, 0.717) is 118 Å². The number of methoxy groups -OCH3 is 2. The molecular formula is C130H120N6O8. The van der Waals surface area contributed by atoms with E-state index in [1.54, 1.807) is 55.8 Å². The van der Waals surface area contributed by atoms with Gasteiger partial charge in [0.1, 0.15) is 11.5 Å². The van der Waals surface area contributed by atoms with Gasteiger partial charge in [0.05, 0.1) is 108 Å². The van der Waals surface area contributed by atoms with Crippen molar-refractivity contribution < 1.29 is 38.2 Å². The Hall–Kier alpha value is -16.6. The Balaban J connectivity index is 0.000000144. The first-order valence-electron chi connectivity index (χ1n) is 49.2. The third-order valence-corrected chi connectivity index (χ3v) is 27.4. The first kappa shape index (κ1) is 97.6. The maximum atomic E-state index is 15.3. The fourth-order valence-electron chi connectivity index (χ4n) is 19.7. The molecule has 6 aliphatic heterocycles. The van der Waals surface area contributed by atoms with Crippen LogP contribution in [0.1, 0.15) is 161 Å². The van der Waals surface area contributed by atoms with Crippen molar-refractivity contribution in [2.45, 2.75) is 131 Å². The summed E-state index contributed by atoms with van der Waals surface area (Å²) in [6.45, 7) is 36.2. The van der Waals surface area contributed by atoms with Crippen molar-refractivity contribution in [2.24, 2.45) is 0 Å². The maximum Gasteiger partial charge on any atom is 0.261 e. The molecule has 0 unspecified atom stereocenters. The average molecular weight is 1890 g/mol. The largest absolute Gasteiger partial charge is 0.497 e. The molecule has 0 saturated carbocycles. The number of hydrogen-bond donors (Lipinski definition) is 0. The summed E-state index contributed by atoms with van der Waals surface area (Å²) in [5.41, 5.74) is 28.2. The van der Waals surface area contributed by atoms with Crippen LogP contribution in [-0.4, -0.2) is 92.2 Å². The molecule has 0 fully saturated rings. The van der Waals surface area contributed by atoms with Crippen LogP contribution in [0.2, 0.25) is 0 Å². The van der Waals surface area contributed by atoms with Crippen molar-refractivity contribution in [3.63, 3.8) is 0 Å². The van der Waals surface area contributed by atoms with Gasteiger partial charge in [0.2, 0.25) is 0 Å². The molecule has 6 heterocycles. The SMILES string of the molecule is C=CCN1C(=O)C2=C(c3ccc(-c4ccccc4)cc3)N(CC=C)C(=O)C2=C1c1ccc(-c2ccccc2)cc1.COc1cccc(C2=C3C(=O)N(Cc4cc(C(C)(C)C)cc(C(C)(C)C)c4)C(c4cccc(OC)c4)=C3C(=O)N2Cc2cc(C(C)(C)C)cc(C(C)(C)C)c2)c1.O=C1C2=C(c3ccc(-c4ccccc4)cc3)N(Cc3ccccc3)C(=O)C2=C(c2ccc(-c3ccccc3)cc2)N1Cc1ccccc1. The van der Waals surface area contributed by atoms with E-state index in [2.05, 4.69) is 205 Å². The van der Waals surface area contributed by atoms with E-state index in [1.807, 2.05) is 255 Å². The predicted octanol–water partition coefficient (Wildman–Crippen LogP) is 27.5. The number of benzene rings is 14. The molecule has 20 rings (SSSR count). The van der Waals surface area contributed by atoms with Gasteiger partial charge >= 0.3 is 0 Å². The van der Waals surface area contributed by atoms with E-state index >= 15 is 9.59 Å². The Labute approximate surface area is 846 Å². The summed E-state index contributed by atoms with van der Waals surface area (Å²) >= 11 is 0. The molecule has 0 saturated heterocycles. The molecule has 0 N–H and O–H groups in total. The smallest absolute Gasteiger partial charge is 0.261 e. The highest BCUT2D eigenvalue weighted by Crippen LogP contribution is 2.53. The Bertz CT molecular complexity index is 7020. The average Bonchev–Trinajstić information content (AvgIpc) is 1.57. The molecule has 6 amide bonds. The lowest BCUT2D eigenvalue weighted by Crippen LogP contribution is -2.30. The summed E-state index contributed by atoms with van der Waals surface area (Å²) in [6.07, 6.45) is 3.39. The van der Waals surface area contributed by atoms with Crippen LogP contribution >= 0.6 is 0 Å². The van der Waals surface area contributed by atoms with Crippen molar-refractivity contribution in [1.82, 2.24) is 29.4 Å². The van der Waals surface area contributed by atoms with Crippen molar-refractivity contribution in [3.05, 3.63) is 501 Å². The van der Waals surface area contributed by atoms with Gasteiger partial charge in [-0.15, -0.1) is 13.2 Å². The van der Waals surface area contributed by atoms with Crippen LogP contribution in [0.5, 0.6) is 11.5 Å². The molecule has 0 radical (unpaired) electrons. The molecule has 0 atom stereocenters. The highest BCUT2D eigenvalue weighted by atomic mass is 16.5. The zero-order valence-electron chi connectivity index (χ0n) is 84.4. The second-order valence-corrected chi connectivity index (χ2v) is 41.4. The third kappa shape index (κ3) is 19.8. The highest BCUT2D eigenvalue weighted by Gasteiger charge is 2.53. The number of hydrogen-bond acceptors (Lipinski definition) is 8. The molecule has 14 aromatic carbocycles. The van der Waals surface area contributed by atoms with Crippen LogP contribution in [0.15, 0.2) is 423 Å². The molecule has 14 aromatic rings. The van der Waals surface area contributed by atoms with Crippen LogP contribution in [-0.2, 0) is 76.6 Å². The normalized spacial score (nSPS) is 14.8. The number of fused-ring (bicyclic) bond motifs is 3. The van der Waals surface area contributed by atoms with Crippen molar-refractivity contribution in [2.75, 3.05) is 27.3 Å². The van der Waals surface area contributed by atoms with Gasteiger partial charge in [0.25, 0.3) is 35.4 Å². The van der Waals surface area contributed by atoms with E-state index < -0.39 is 0 Å². The molecule has 0 spiro atoms. The molecule has 0 aromatic heterocycles. The summed E-state index contributed by atoms with van der Waals surface area (Å²) in [6, 6.07) is 122. The van der Waals surface area contributed by atoms with Gasteiger partial charge in [-0.3, -0.25) is 28.8 Å². The lowest BCUT2D eigenvalue weighted by Gasteiger charge is -2.29. The number of carbonyl (C=O) groups is 6. The monoisotopic (exact) mass is 1890 g/mol. The van der Waals surface area contributed by atoms with Gasteiger partial charge in [-0.2, -0.15) is 0 Å². The lowest BCUT2D eigenvalue weighted by atomic mass is 9.79. The Kier molecular flexibility index (Phi) is 27.5. The first-order valence-corrected chi connectivity index (χ1v) is 49.2. The zero-order valence-corrected chi connectivity index (χ0v) is 84.4. The molecular weight excluding hydrogens is 1770 g/mol. The topological polar surface area (TPSA) is 140 Å². The van der Waals surface area contributed by atoms with E-state index in [9.17, 15) is 19.2 Å². The van der Waals surface area contributed by atoms with Crippen molar-refractivity contribution >= 4 is 69.6 Å². The van der Waals surface area contributed by atoms with Crippen molar-refractivity contribution in [3.8, 4) is 56.0 Å². The predicted molar refractivity (Wildman–Crippen MR) is 582 cm³/mol. The summed E-state index contributed by atoms with van der Waals surface area (Å²) in [7, 11) is 3.26. The fourth-order valence-corrected chi connectivity index (χ4v) is 19.7. The van der Waals surface area contributed by atoms with E-state index in [-0.39, 0.29) is 57.1 Å². The Morgan fingerprint density at radius 2 is 0.396 bits per heavy atom. The maximum absolute atomic E-state index is 15.3. The summed E-state index contributed by atoms with van der Waals surface area (Å²) in [5.74, 6) is 0.165. The first-order chi connectivity index (χ1) is 69.3. The number of nitrogens with zero attached hydrogens (tertiary/aromatic N) is 6. The Morgan fingerprint density at radius 3 is 0.618 bits per heavy atom. The summed E-state index contributed by atoms with van der Waals surface area (Å²) in [4.78, 5) is 98.6. The minimum absolute atomic E-state index is 0.106. The van der Waals surface area contributed by atoms with Gasteiger partial charge in [-0.25, -0.2) is 0 Å². The summed E-state index contributed by atoms with van der Waals surface area (Å²) in [5, 5.41) is 0. The quantitative estimate of drug-likeness (QED) is 0.0545. The highest BCUT2D eigenvalue weighted by molar-refractivity contribution is 6.33. The second kappa shape index (κ2) is 40.6. The molecule has 144 heavy (non-hydrogen) atoms. The lowest BCUT2D eigenvalue weighted by molar-refractivity contribution is -0.124. The van der Waals surface area contributed by atoms with E-state index in [0.717, 1.165) is 100 Å². The number of rotatable bonds is 24. The molecule has 14 heteroatoms. The number of amides is 6. The van der Waals surface area contributed by atoms with Gasteiger partial charge in [-0.1, -0.05) is 435 Å². The van der Waals surface area contributed by atoms with Crippen LogP contribution in [0, 0.1) is 0 Å². The molecule has 6 aliphatic rings. The van der Waals surface area contributed by atoms with Crippen LogP contribution in [0.4, 0.5) is 0 Å². The van der Waals surface area contributed by atoms with Gasteiger partial charge in [0, 0.05) is 24.2 Å².